The number of halogens is 2. The van der Waals surface area contributed by atoms with Gasteiger partial charge in [0, 0.05) is 5.69 Å². The highest BCUT2D eigenvalue weighted by atomic mass is 35.5. The van der Waals surface area contributed by atoms with Crippen LogP contribution in [0.3, 0.4) is 0 Å². The van der Waals surface area contributed by atoms with Crippen LogP contribution in [-0.4, -0.2) is 41.6 Å². The molecule has 2 aromatic rings. The molecule has 1 aliphatic heterocycles. The molecule has 0 unspecified atom stereocenters. The van der Waals surface area contributed by atoms with Crippen LogP contribution in [0.1, 0.15) is 15.9 Å². The molecule has 2 aromatic carbocycles. The Morgan fingerprint density at radius 1 is 1.23 bits per heavy atom. The fraction of sp³-hybridized carbons (Fsp3) is 0.100. The topological polar surface area (TPSA) is 92.8 Å². The highest BCUT2D eigenvalue weighted by Crippen LogP contribution is 2.32. The first-order valence-corrected chi connectivity index (χ1v) is 9.66. The number of hydrogen-bond acceptors (Lipinski definition) is 6. The van der Waals surface area contributed by atoms with Crippen molar-refractivity contribution in [3.63, 3.8) is 0 Å². The highest BCUT2D eigenvalue weighted by molar-refractivity contribution is 8.18. The summed E-state index contributed by atoms with van der Waals surface area (Å²) in [5.41, 5.74) is 0.717. The van der Waals surface area contributed by atoms with Crippen LogP contribution in [-0.2, 0) is 14.3 Å². The quantitative estimate of drug-likeness (QED) is 0.550. The van der Waals surface area contributed by atoms with Gasteiger partial charge in [-0.15, -0.1) is 0 Å². The molecule has 1 fully saturated rings. The van der Waals surface area contributed by atoms with Crippen molar-refractivity contribution in [2.75, 3.05) is 19.0 Å². The Labute approximate surface area is 179 Å². The van der Waals surface area contributed by atoms with Gasteiger partial charge < -0.3 is 10.1 Å². The molecule has 0 saturated carbocycles. The highest BCUT2D eigenvalue weighted by Gasteiger charge is 2.36. The van der Waals surface area contributed by atoms with Gasteiger partial charge in [0.25, 0.3) is 11.1 Å². The van der Waals surface area contributed by atoms with Crippen LogP contribution >= 0.6 is 23.4 Å². The third-order valence-electron chi connectivity index (χ3n) is 3.98. The molecule has 0 radical (unpaired) electrons. The van der Waals surface area contributed by atoms with Crippen molar-refractivity contribution in [3.8, 4) is 0 Å². The van der Waals surface area contributed by atoms with Gasteiger partial charge in [-0.2, -0.15) is 0 Å². The van der Waals surface area contributed by atoms with E-state index in [9.17, 15) is 23.6 Å². The predicted octanol–water partition coefficient (Wildman–Crippen LogP) is 3.94. The predicted molar refractivity (Wildman–Crippen MR) is 110 cm³/mol. The molecule has 7 nitrogen and oxygen atoms in total. The zero-order valence-corrected chi connectivity index (χ0v) is 17.1. The monoisotopic (exact) mass is 448 g/mol. The molecular weight excluding hydrogens is 435 g/mol. The number of methoxy groups -OCH3 is 1. The summed E-state index contributed by atoms with van der Waals surface area (Å²) < 4.78 is 17.9. The molecule has 1 aliphatic rings. The van der Waals surface area contributed by atoms with E-state index in [0.29, 0.717) is 17.3 Å². The molecule has 0 aromatic heterocycles. The Bertz CT molecular complexity index is 1090. The molecule has 0 spiro atoms. The van der Waals surface area contributed by atoms with Gasteiger partial charge in [0.2, 0.25) is 5.91 Å². The van der Waals surface area contributed by atoms with Gasteiger partial charge >= 0.3 is 5.97 Å². The first kappa shape index (κ1) is 21.5. The average Bonchev–Trinajstić information content (AvgIpc) is 2.96. The molecule has 10 heteroatoms. The summed E-state index contributed by atoms with van der Waals surface area (Å²) in [7, 11) is 1.20. The van der Waals surface area contributed by atoms with Gasteiger partial charge in [-0.3, -0.25) is 19.3 Å². The number of benzene rings is 2. The van der Waals surface area contributed by atoms with Crippen molar-refractivity contribution in [1.29, 1.82) is 0 Å². The largest absolute Gasteiger partial charge is 0.465 e. The number of nitrogens with one attached hydrogen (secondary N) is 1. The molecule has 154 valence electrons. The fourth-order valence-corrected chi connectivity index (χ4v) is 3.63. The molecule has 1 N–H and O–H groups in total. The third-order valence-corrected chi connectivity index (χ3v) is 5.21. The summed E-state index contributed by atoms with van der Waals surface area (Å²) in [5, 5.41) is 2.02. The summed E-state index contributed by atoms with van der Waals surface area (Å²) in [5.74, 6) is -2.46. The third kappa shape index (κ3) is 4.87. The van der Waals surface area contributed by atoms with E-state index in [-0.39, 0.29) is 21.2 Å². The van der Waals surface area contributed by atoms with Gasteiger partial charge in [0.15, 0.2) is 0 Å². The number of nitrogens with zero attached hydrogens (tertiary/aromatic N) is 1. The van der Waals surface area contributed by atoms with Crippen LogP contribution in [0.4, 0.5) is 14.9 Å². The van der Waals surface area contributed by atoms with Crippen molar-refractivity contribution in [2.45, 2.75) is 0 Å². The van der Waals surface area contributed by atoms with Crippen molar-refractivity contribution in [1.82, 2.24) is 4.90 Å². The van der Waals surface area contributed by atoms with E-state index in [4.69, 9.17) is 11.6 Å². The van der Waals surface area contributed by atoms with Gasteiger partial charge in [0.1, 0.15) is 12.4 Å². The lowest BCUT2D eigenvalue weighted by atomic mass is 10.2. The van der Waals surface area contributed by atoms with Crippen molar-refractivity contribution in [2.24, 2.45) is 0 Å². The Morgan fingerprint density at radius 2 is 2.00 bits per heavy atom. The number of ether oxygens (including phenoxy) is 1. The minimum atomic E-state index is -0.676. The van der Waals surface area contributed by atoms with Crippen LogP contribution in [0.15, 0.2) is 47.4 Å². The smallest absolute Gasteiger partial charge is 0.339 e. The second-order valence-electron chi connectivity index (χ2n) is 6.06. The van der Waals surface area contributed by atoms with Crippen molar-refractivity contribution >= 4 is 58.1 Å². The molecule has 0 aliphatic carbocycles. The number of amides is 3. The number of esters is 1. The Hall–Kier alpha value is -3.17. The van der Waals surface area contributed by atoms with Crippen molar-refractivity contribution < 1.29 is 28.3 Å². The van der Waals surface area contributed by atoms with Gasteiger partial charge in [0.05, 0.1) is 22.6 Å². The Kier molecular flexibility index (Phi) is 6.53. The van der Waals surface area contributed by atoms with Crippen LogP contribution in [0.5, 0.6) is 0 Å². The second-order valence-corrected chi connectivity index (χ2v) is 7.46. The van der Waals surface area contributed by atoms with E-state index in [0.717, 1.165) is 4.90 Å². The summed E-state index contributed by atoms with van der Waals surface area (Å²) >= 11 is 6.59. The van der Waals surface area contributed by atoms with Gasteiger partial charge in [-0.05, 0) is 53.7 Å². The first-order chi connectivity index (χ1) is 14.3. The Morgan fingerprint density at radius 3 is 2.70 bits per heavy atom. The molecular formula is C20H14ClFN2O5S. The zero-order valence-electron chi connectivity index (χ0n) is 15.5. The molecule has 30 heavy (non-hydrogen) atoms. The Balaban J connectivity index is 1.70. The van der Waals surface area contributed by atoms with E-state index < -0.39 is 35.4 Å². The van der Waals surface area contributed by atoms with E-state index in [1.165, 1.54) is 49.6 Å². The summed E-state index contributed by atoms with van der Waals surface area (Å²) in [6.07, 6.45) is 1.38. The lowest BCUT2D eigenvalue weighted by Crippen LogP contribution is -2.36. The SMILES string of the molecule is COC(=O)c1cc(NC(=O)CN2C(=O)S/C(=C/c3cccc(F)c3)C2=O)ccc1Cl. The van der Waals surface area contributed by atoms with Crippen LogP contribution < -0.4 is 5.32 Å². The van der Waals surface area contributed by atoms with Crippen LogP contribution in [0.25, 0.3) is 6.08 Å². The summed E-state index contributed by atoms with van der Waals surface area (Å²) in [4.78, 5) is 49.5. The molecule has 1 saturated heterocycles. The number of carbonyl (C=O) groups excluding carboxylic acids is 4. The number of hydrogen-bond donors (Lipinski definition) is 1. The maximum atomic E-state index is 13.3. The van der Waals surface area contributed by atoms with Crippen molar-refractivity contribution in [3.05, 3.63) is 69.3 Å². The lowest BCUT2D eigenvalue weighted by molar-refractivity contribution is -0.127. The van der Waals surface area contributed by atoms with E-state index in [1.54, 1.807) is 6.07 Å². The number of carbonyl (C=O) groups is 4. The number of rotatable bonds is 5. The first-order valence-electron chi connectivity index (χ1n) is 8.47. The molecule has 3 amide bonds. The minimum absolute atomic E-state index is 0.0566. The van der Waals surface area contributed by atoms with Crippen LogP contribution in [0.2, 0.25) is 5.02 Å². The zero-order chi connectivity index (χ0) is 21.8. The van der Waals surface area contributed by atoms with Gasteiger partial charge in [-0.1, -0.05) is 23.7 Å². The van der Waals surface area contributed by atoms with E-state index in [1.807, 2.05) is 0 Å². The summed E-state index contributed by atoms with van der Waals surface area (Å²) in [6, 6.07) is 9.74. The van der Waals surface area contributed by atoms with Crippen LogP contribution in [0, 0.1) is 5.82 Å². The normalized spacial score (nSPS) is 14.9. The molecule has 3 rings (SSSR count). The average molecular weight is 449 g/mol. The molecule has 0 bridgehead atoms. The number of thioether (sulfide) groups is 1. The van der Waals surface area contributed by atoms with E-state index >= 15 is 0 Å². The standard InChI is InChI=1S/C20H14ClFN2O5S/c1-29-19(27)14-9-13(5-6-15(14)21)23-17(25)10-24-18(26)16(30-20(24)28)8-11-3-2-4-12(22)7-11/h2-9H,10H2,1H3,(H,23,25)/b16-8+. The maximum Gasteiger partial charge on any atom is 0.339 e. The summed E-state index contributed by atoms with van der Waals surface area (Å²) in [6.45, 7) is -0.526. The number of anilines is 1. The maximum absolute atomic E-state index is 13.3. The fourth-order valence-electron chi connectivity index (χ4n) is 2.60. The minimum Gasteiger partial charge on any atom is -0.465 e. The number of imide groups is 1. The second kappa shape index (κ2) is 9.10. The molecule has 1 heterocycles. The van der Waals surface area contributed by atoms with Gasteiger partial charge in [-0.25, -0.2) is 9.18 Å². The van der Waals surface area contributed by atoms with E-state index in [2.05, 4.69) is 10.1 Å². The lowest BCUT2D eigenvalue weighted by Gasteiger charge is -2.13. The molecule has 0 atom stereocenters.